The van der Waals surface area contributed by atoms with Crippen LogP contribution >= 0.6 is 11.6 Å². The fourth-order valence-corrected chi connectivity index (χ4v) is 4.26. The van der Waals surface area contributed by atoms with Gasteiger partial charge in [0.1, 0.15) is 10.6 Å². The Kier molecular flexibility index (Phi) is 6.58. The van der Waals surface area contributed by atoms with Gasteiger partial charge in [-0.2, -0.15) is 8.42 Å². The van der Waals surface area contributed by atoms with Crippen LogP contribution in [0.3, 0.4) is 0 Å². The monoisotopic (exact) mass is 499 g/mol. The van der Waals surface area contributed by atoms with Crippen LogP contribution in [0.25, 0.3) is 6.08 Å². The summed E-state index contributed by atoms with van der Waals surface area (Å²) in [5, 5.41) is 0.428. The second-order valence-electron chi connectivity index (χ2n) is 6.94. The standard InChI is InChI=1S/C24H18ClNO7S/c1-30-20-11-9-16(25)14-18(20)23-26-19(24(27)32-23)12-15-8-10-21(22(13-15)31-2)33-34(28,29)17-6-4-3-5-7-17/h3-14H,1-2H3/b19-12+. The second-order valence-corrected chi connectivity index (χ2v) is 8.92. The molecule has 0 radical (unpaired) electrons. The van der Waals surface area contributed by atoms with Gasteiger partial charge in [0.15, 0.2) is 17.2 Å². The van der Waals surface area contributed by atoms with E-state index in [0.29, 0.717) is 21.9 Å². The van der Waals surface area contributed by atoms with E-state index in [-0.39, 0.29) is 28.0 Å². The number of ether oxygens (including phenoxy) is 3. The molecule has 0 aliphatic carbocycles. The number of rotatable bonds is 7. The van der Waals surface area contributed by atoms with Gasteiger partial charge in [-0.15, -0.1) is 0 Å². The summed E-state index contributed by atoms with van der Waals surface area (Å²) >= 11 is 6.05. The van der Waals surface area contributed by atoms with Crippen LogP contribution in [0.1, 0.15) is 11.1 Å². The number of benzene rings is 3. The third-order valence-corrected chi connectivity index (χ3v) is 6.22. The van der Waals surface area contributed by atoms with Crippen LogP contribution < -0.4 is 13.7 Å². The summed E-state index contributed by atoms with van der Waals surface area (Å²) in [5.41, 5.74) is 0.972. The lowest BCUT2D eigenvalue weighted by Gasteiger charge is -2.11. The lowest BCUT2D eigenvalue weighted by atomic mass is 10.1. The van der Waals surface area contributed by atoms with Gasteiger partial charge in [-0.1, -0.05) is 35.9 Å². The molecular weight excluding hydrogens is 482 g/mol. The van der Waals surface area contributed by atoms with E-state index in [1.165, 1.54) is 44.6 Å². The molecule has 0 bridgehead atoms. The van der Waals surface area contributed by atoms with Gasteiger partial charge in [0, 0.05) is 5.02 Å². The molecule has 34 heavy (non-hydrogen) atoms. The molecule has 3 aromatic carbocycles. The van der Waals surface area contributed by atoms with Gasteiger partial charge < -0.3 is 18.4 Å². The Morgan fingerprint density at radius 1 is 0.912 bits per heavy atom. The summed E-state index contributed by atoms with van der Waals surface area (Å²) in [5.74, 6) is -0.0178. The summed E-state index contributed by atoms with van der Waals surface area (Å²) in [7, 11) is -1.20. The maximum Gasteiger partial charge on any atom is 0.363 e. The summed E-state index contributed by atoms with van der Waals surface area (Å²) in [6.07, 6.45) is 1.48. The molecular formula is C24H18ClNO7S. The first-order valence-electron chi connectivity index (χ1n) is 9.85. The Hall–Kier alpha value is -3.82. The number of cyclic esters (lactones) is 1. The van der Waals surface area contributed by atoms with Gasteiger partial charge in [0.25, 0.3) is 0 Å². The maximum absolute atomic E-state index is 12.5. The number of carbonyl (C=O) groups is 1. The lowest BCUT2D eigenvalue weighted by molar-refractivity contribution is -0.129. The Morgan fingerprint density at radius 2 is 1.62 bits per heavy atom. The van der Waals surface area contributed by atoms with Crippen LogP contribution in [0, 0.1) is 0 Å². The molecule has 0 N–H and O–H groups in total. The molecule has 0 spiro atoms. The van der Waals surface area contributed by atoms with Crippen LogP contribution in [-0.2, 0) is 19.6 Å². The molecule has 1 aliphatic rings. The molecule has 1 heterocycles. The van der Waals surface area contributed by atoms with Crippen molar-refractivity contribution >= 4 is 39.7 Å². The van der Waals surface area contributed by atoms with E-state index in [1.807, 2.05) is 0 Å². The van der Waals surface area contributed by atoms with Crippen molar-refractivity contribution in [1.29, 1.82) is 0 Å². The smallest absolute Gasteiger partial charge is 0.363 e. The van der Waals surface area contributed by atoms with Crippen LogP contribution in [0.2, 0.25) is 5.02 Å². The highest BCUT2D eigenvalue weighted by atomic mass is 35.5. The van der Waals surface area contributed by atoms with Gasteiger partial charge >= 0.3 is 16.1 Å². The highest BCUT2D eigenvalue weighted by Crippen LogP contribution is 2.33. The predicted molar refractivity (Wildman–Crippen MR) is 126 cm³/mol. The zero-order valence-corrected chi connectivity index (χ0v) is 19.6. The van der Waals surface area contributed by atoms with Crippen LogP contribution in [0.15, 0.2) is 82.3 Å². The van der Waals surface area contributed by atoms with Crippen molar-refractivity contribution in [3.05, 3.63) is 88.6 Å². The quantitative estimate of drug-likeness (QED) is 0.268. The van der Waals surface area contributed by atoms with Gasteiger partial charge in [-0.05, 0) is 54.1 Å². The highest BCUT2D eigenvalue weighted by Gasteiger charge is 2.27. The summed E-state index contributed by atoms with van der Waals surface area (Å²) in [4.78, 5) is 16.7. The third-order valence-electron chi connectivity index (χ3n) is 4.73. The van der Waals surface area contributed by atoms with Crippen molar-refractivity contribution in [2.24, 2.45) is 4.99 Å². The van der Waals surface area contributed by atoms with Crippen LogP contribution in [0.4, 0.5) is 0 Å². The number of hydrogen-bond acceptors (Lipinski definition) is 8. The van der Waals surface area contributed by atoms with Gasteiger partial charge in [0.05, 0.1) is 19.8 Å². The fourth-order valence-electron chi connectivity index (χ4n) is 3.13. The minimum Gasteiger partial charge on any atom is -0.496 e. The van der Waals surface area contributed by atoms with E-state index in [2.05, 4.69) is 4.99 Å². The van der Waals surface area contributed by atoms with E-state index < -0.39 is 16.1 Å². The third kappa shape index (κ3) is 4.90. The molecule has 8 nitrogen and oxygen atoms in total. The molecule has 0 unspecified atom stereocenters. The normalized spacial score (nSPS) is 14.5. The minimum absolute atomic E-state index is 0.00430. The largest absolute Gasteiger partial charge is 0.496 e. The van der Waals surface area contributed by atoms with Crippen molar-refractivity contribution in [1.82, 2.24) is 0 Å². The number of esters is 1. The second kappa shape index (κ2) is 9.58. The zero-order chi connectivity index (χ0) is 24.3. The van der Waals surface area contributed by atoms with Crippen molar-refractivity contribution in [3.8, 4) is 17.2 Å². The average molecular weight is 500 g/mol. The summed E-state index contributed by atoms with van der Waals surface area (Å²) in [6.45, 7) is 0. The Balaban J connectivity index is 1.64. The first-order chi connectivity index (χ1) is 16.3. The molecule has 0 fully saturated rings. The van der Waals surface area contributed by atoms with E-state index in [9.17, 15) is 13.2 Å². The molecule has 0 aromatic heterocycles. The molecule has 3 aromatic rings. The molecule has 0 amide bonds. The van der Waals surface area contributed by atoms with Gasteiger partial charge in [0.2, 0.25) is 5.90 Å². The maximum atomic E-state index is 12.5. The van der Waals surface area contributed by atoms with Crippen molar-refractivity contribution < 1.29 is 31.6 Å². The van der Waals surface area contributed by atoms with E-state index >= 15 is 0 Å². The van der Waals surface area contributed by atoms with Crippen LogP contribution in [0.5, 0.6) is 17.2 Å². The van der Waals surface area contributed by atoms with Gasteiger partial charge in [-0.25, -0.2) is 9.79 Å². The Labute approximate surface area is 201 Å². The molecule has 0 atom stereocenters. The van der Waals surface area contributed by atoms with Crippen molar-refractivity contribution in [2.45, 2.75) is 4.90 Å². The first-order valence-corrected chi connectivity index (χ1v) is 11.6. The first kappa shape index (κ1) is 23.3. The summed E-state index contributed by atoms with van der Waals surface area (Å²) < 4.78 is 46.2. The fraction of sp³-hybridized carbons (Fsp3) is 0.0833. The number of nitrogens with zero attached hydrogens (tertiary/aromatic N) is 1. The topological polar surface area (TPSA) is 100 Å². The van der Waals surface area contributed by atoms with Crippen molar-refractivity contribution in [3.63, 3.8) is 0 Å². The molecule has 174 valence electrons. The molecule has 1 aliphatic heterocycles. The molecule has 0 saturated heterocycles. The van der Waals surface area contributed by atoms with Gasteiger partial charge in [-0.3, -0.25) is 0 Å². The number of hydrogen-bond donors (Lipinski definition) is 0. The minimum atomic E-state index is -4.05. The highest BCUT2D eigenvalue weighted by molar-refractivity contribution is 7.87. The predicted octanol–water partition coefficient (Wildman–Crippen LogP) is 4.47. The zero-order valence-electron chi connectivity index (χ0n) is 18.0. The lowest BCUT2D eigenvalue weighted by Crippen LogP contribution is -2.10. The number of aliphatic imine (C=N–C) groups is 1. The molecule has 10 heteroatoms. The number of carbonyl (C=O) groups excluding carboxylic acids is 1. The van der Waals surface area contributed by atoms with E-state index in [0.717, 1.165) is 0 Å². The van der Waals surface area contributed by atoms with E-state index in [1.54, 1.807) is 42.5 Å². The number of methoxy groups -OCH3 is 2. The van der Waals surface area contributed by atoms with Crippen molar-refractivity contribution in [2.75, 3.05) is 14.2 Å². The van der Waals surface area contributed by atoms with E-state index in [4.69, 9.17) is 30.0 Å². The Morgan fingerprint density at radius 3 is 2.32 bits per heavy atom. The molecule has 0 saturated carbocycles. The number of halogens is 1. The molecule has 4 rings (SSSR count). The average Bonchev–Trinajstić information content (AvgIpc) is 3.20. The van der Waals surface area contributed by atoms with Crippen LogP contribution in [-0.4, -0.2) is 34.5 Å². The Bertz CT molecular complexity index is 1420. The summed E-state index contributed by atoms with van der Waals surface area (Å²) in [6, 6.07) is 17.1. The SMILES string of the molecule is COc1cc(/C=C2/N=C(c3cc(Cl)ccc3OC)OC2=O)ccc1OS(=O)(=O)c1ccccc1.